The minimum absolute atomic E-state index is 0.0580. The number of alkyl halides is 2. The van der Waals surface area contributed by atoms with Gasteiger partial charge in [-0.2, -0.15) is 14.0 Å². The van der Waals surface area contributed by atoms with Crippen molar-refractivity contribution in [1.29, 1.82) is 5.26 Å². The number of aromatic amines is 1. The van der Waals surface area contributed by atoms with Gasteiger partial charge in [0.2, 0.25) is 5.89 Å². The van der Waals surface area contributed by atoms with Crippen molar-refractivity contribution < 1.29 is 27.8 Å². The number of oxazole rings is 1. The maximum absolute atomic E-state index is 13.5. The molecule has 8 rings (SSSR count). The molecule has 0 spiro atoms. The van der Waals surface area contributed by atoms with Crippen molar-refractivity contribution >= 4 is 33.7 Å². The number of halogens is 2. The van der Waals surface area contributed by atoms with Crippen molar-refractivity contribution in [3.8, 4) is 23.2 Å². The number of carboxylic acids is 1. The molecule has 4 heterocycles. The molecule has 12 heteroatoms. The van der Waals surface area contributed by atoms with Crippen molar-refractivity contribution in [2.24, 2.45) is 5.41 Å². The zero-order valence-corrected chi connectivity index (χ0v) is 29.6. The first-order valence-electron chi connectivity index (χ1n) is 18.1. The second-order valence-corrected chi connectivity index (χ2v) is 14.8. The second-order valence-electron chi connectivity index (χ2n) is 14.8. The van der Waals surface area contributed by atoms with Crippen molar-refractivity contribution in [3.05, 3.63) is 94.9 Å². The summed E-state index contributed by atoms with van der Waals surface area (Å²) in [6, 6.07) is 16.9. The third kappa shape index (κ3) is 6.71. The molecule has 2 aromatic heterocycles. The molecule has 53 heavy (non-hydrogen) atoms. The minimum atomic E-state index is -3.06. The Labute approximate surface area is 305 Å². The first kappa shape index (κ1) is 34.7. The standard InChI is InChI=1S/C41H40F2N6O4/c1-41(2)29(25-8-5-9-26(18-25)37-45-32-17-24(22-48-13-3-4-14-48)16-27(21-44)36(32)47-37)10-6-11-30(41)38-46-31-19-28(23-49-15-7-12-33(49)39(50)51)34(53-40(42)43)20-35(31)52-38/h5-6,8-11,16-20,30,33,40H,3-4,7,12-15,22-23H2,1-2H3,(H,45,47)(H,50,51)/t30?,33-/m0/s1. The lowest BCUT2D eigenvalue weighted by molar-refractivity contribution is -0.142. The van der Waals surface area contributed by atoms with Crippen LogP contribution in [-0.4, -0.2) is 68.1 Å². The molecule has 3 aromatic carbocycles. The van der Waals surface area contributed by atoms with Gasteiger partial charge in [0, 0.05) is 35.7 Å². The van der Waals surface area contributed by atoms with Crippen LogP contribution in [0.15, 0.2) is 71.2 Å². The molecular formula is C41H40F2N6O4. The number of fused-ring (bicyclic) bond motifs is 2. The molecule has 2 aliphatic heterocycles. The van der Waals surface area contributed by atoms with E-state index in [1.165, 1.54) is 18.9 Å². The molecule has 2 fully saturated rings. The maximum Gasteiger partial charge on any atom is 0.387 e. The third-order valence-electron chi connectivity index (χ3n) is 10.9. The Kier molecular flexibility index (Phi) is 9.08. The molecule has 3 aliphatic rings. The average molecular weight is 719 g/mol. The molecule has 272 valence electrons. The Morgan fingerprint density at radius 2 is 1.91 bits per heavy atom. The van der Waals surface area contributed by atoms with Crippen LogP contribution in [0.1, 0.15) is 73.6 Å². The lowest BCUT2D eigenvalue weighted by Crippen LogP contribution is -2.35. The number of likely N-dealkylation sites (tertiary alicyclic amines) is 2. The highest BCUT2D eigenvalue weighted by atomic mass is 19.3. The van der Waals surface area contributed by atoms with Crippen molar-refractivity contribution in [2.45, 2.75) is 71.2 Å². The normalized spacial score (nSPS) is 20.4. The monoisotopic (exact) mass is 718 g/mol. The SMILES string of the molecule is CC1(C)C(c2cccc(-c3nc4c(C#N)cc(CN5CCCC5)cc4[nH]3)c2)=CC=CC1c1nc2cc(CN3CCC[C@H]3C(=O)O)c(OC(F)F)cc2o1. The molecule has 0 saturated carbocycles. The number of imidazole rings is 1. The van der Waals surface area contributed by atoms with E-state index < -0.39 is 24.0 Å². The summed E-state index contributed by atoms with van der Waals surface area (Å²) in [5.74, 6) is -0.180. The van der Waals surface area contributed by atoms with Crippen molar-refractivity contribution in [2.75, 3.05) is 19.6 Å². The van der Waals surface area contributed by atoms with Gasteiger partial charge in [0.05, 0.1) is 17.0 Å². The van der Waals surface area contributed by atoms with Crippen LogP contribution < -0.4 is 4.74 Å². The molecule has 2 N–H and O–H groups in total. The highest BCUT2D eigenvalue weighted by Crippen LogP contribution is 2.50. The summed E-state index contributed by atoms with van der Waals surface area (Å²) in [7, 11) is 0. The number of ether oxygens (including phenoxy) is 1. The van der Waals surface area contributed by atoms with E-state index in [0.717, 1.165) is 47.4 Å². The lowest BCUT2D eigenvalue weighted by atomic mass is 9.68. The van der Waals surface area contributed by atoms with Crippen LogP contribution in [-0.2, 0) is 17.9 Å². The fraction of sp³-hybridized carbons (Fsp3) is 0.366. The maximum atomic E-state index is 13.5. The number of allylic oxidation sites excluding steroid dienone is 4. The Bertz CT molecular complexity index is 2310. The van der Waals surface area contributed by atoms with Crippen LogP contribution in [0.2, 0.25) is 0 Å². The first-order chi connectivity index (χ1) is 25.6. The van der Waals surface area contributed by atoms with Crippen LogP contribution >= 0.6 is 0 Å². The number of hydrogen-bond donors (Lipinski definition) is 2. The zero-order chi connectivity index (χ0) is 36.9. The molecule has 0 radical (unpaired) electrons. The summed E-state index contributed by atoms with van der Waals surface area (Å²) in [6.07, 6.45) is 9.70. The van der Waals surface area contributed by atoms with Gasteiger partial charge in [0.25, 0.3) is 0 Å². The van der Waals surface area contributed by atoms with E-state index in [-0.39, 0.29) is 18.2 Å². The molecule has 0 bridgehead atoms. The lowest BCUT2D eigenvalue weighted by Gasteiger charge is -2.35. The number of benzene rings is 3. The fourth-order valence-corrected chi connectivity index (χ4v) is 8.26. The number of aromatic nitrogens is 3. The van der Waals surface area contributed by atoms with Crippen LogP contribution in [0.5, 0.6) is 5.75 Å². The van der Waals surface area contributed by atoms with Gasteiger partial charge in [0.15, 0.2) is 5.58 Å². The number of rotatable bonds is 10. The first-order valence-corrected chi connectivity index (χ1v) is 18.1. The van der Waals surface area contributed by atoms with Gasteiger partial charge in [-0.05, 0) is 86.3 Å². The van der Waals surface area contributed by atoms with E-state index in [9.17, 15) is 23.9 Å². The summed E-state index contributed by atoms with van der Waals surface area (Å²) in [6.45, 7) is 4.81. The van der Waals surface area contributed by atoms with Gasteiger partial charge in [-0.25, -0.2) is 9.97 Å². The van der Waals surface area contributed by atoms with Gasteiger partial charge < -0.3 is 19.2 Å². The van der Waals surface area contributed by atoms with Crippen molar-refractivity contribution in [1.82, 2.24) is 24.8 Å². The van der Waals surface area contributed by atoms with E-state index in [2.05, 4.69) is 54.1 Å². The Morgan fingerprint density at radius 3 is 2.68 bits per heavy atom. The summed E-state index contributed by atoms with van der Waals surface area (Å²) < 4.78 is 38.2. The Balaban J connectivity index is 1.08. The quantitative estimate of drug-likeness (QED) is 0.147. The van der Waals surface area contributed by atoms with Crippen molar-refractivity contribution in [3.63, 3.8) is 0 Å². The third-order valence-corrected chi connectivity index (χ3v) is 10.9. The topological polar surface area (TPSA) is 132 Å². The molecule has 0 amide bonds. The van der Waals surface area contributed by atoms with Gasteiger partial charge in [-0.3, -0.25) is 14.6 Å². The van der Waals surface area contributed by atoms with Gasteiger partial charge >= 0.3 is 12.6 Å². The number of nitriles is 1. The molecule has 2 atom stereocenters. The molecule has 2 saturated heterocycles. The number of H-pyrrole nitrogens is 1. The molecule has 1 unspecified atom stereocenters. The fourth-order valence-electron chi connectivity index (χ4n) is 8.26. The molecular weight excluding hydrogens is 678 g/mol. The number of carboxylic acid groups (broad SMARTS) is 1. The second kappa shape index (κ2) is 13.9. The van der Waals surface area contributed by atoms with E-state index in [1.54, 1.807) is 11.0 Å². The van der Waals surface area contributed by atoms with E-state index >= 15 is 0 Å². The number of hydrogen-bond acceptors (Lipinski definition) is 8. The number of carbonyl (C=O) groups is 1. The average Bonchev–Trinajstić information content (AvgIpc) is 3.95. The zero-order valence-electron chi connectivity index (χ0n) is 29.6. The summed E-state index contributed by atoms with van der Waals surface area (Å²) in [5, 5.41) is 19.7. The number of nitrogens with zero attached hydrogens (tertiary/aromatic N) is 5. The van der Waals surface area contributed by atoms with Crippen LogP contribution in [0.4, 0.5) is 8.78 Å². The smallest absolute Gasteiger partial charge is 0.387 e. The summed E-state index contributed by atoms with van der Waals surface area (Å²) >= 11 is 0. The molecule has 5 aromatic rings. The van der Waals surface area contributed by atoms with E-state index in [1.807, 2.05) is 30.4 Å². The molecule has 1 aliphatic carbocycles. The number of nitrogens with one attached hydrogen (secondary N) is 1. The summed E-state index contributed by atoms with van der Waals surface area (Å²) in [4.78, 5) is 29.2. The van der Waals surface area contributed by atoms with Crippen LogP contribution in [0, 0.1) is 16.7 Å². The Morgan fingerprint density at radius 1 is 1.09 bits per heavy atom. The van der Waals surface area contributed by atoms with E-state index in [4.69, 9.17) is 19.1 Å². The van der Waals surface area contributed by atoms with Gasteiger partial charge in [-0.15, -0.1) is 0 Å². The summed E-state index contributed by atoms with van der Waals surface area (Å²) in [5.41, 5.74) is 6.77. The largest absolute Gasteiger partial charge is 0.480 e. The minimum Gasteiger partial charge on any atom is -0.480 e. The number of aliphatic carboxylic acids is 1. The Hall–Kier alpha value is -5.38. The highest BCUT2D eigenvalue weighted by Gasteiger charge is 2.39. The predicted molar refractivity (Wildman–Crippen MR) is 196 cm³/mol. The predicted octanol–water partition coefficient (Wildman–Crippen LogP) is 8.25. The van der Waals surface area contributed by atoms with Crippen LogP contribution in [0.3, 0.4) is 0 Å². The van der Waals surface area contributed by atoms with E-state index in [0.29, 0.717) is 58.8 Å². The molecule has 10 nitrogen and oxygen atoms in total. The highest BCUT2D eigenvalue weighted by molar-refractivity contribution is 5.86. The van der Waals surface area contributed by atoms with Gasteiger partial charge in [-0.1, -0.05) is 50.3 Å². The van der Waals surface area contributed by atoms with Crippen LogP contribution in [0.25, 0.3) is 39.1 Å². The van der Waals surface area contributed by atoms with Gasteiger partial charge in [0.1, 0.15) is 34.7 Å².